The van der Waals surface area contributed by atoms with Gasteiger partial charge < -0.3 is 5.11 Å². The van der Waals surface area contributed by atoms with E-state index in [2.05, 4.69) is 5.92 Å². The predicted molar refractivity (Wildman–Crippen MR) is 55.8 cm³/mol. The first-order valence-electron chi connectivity index (χ1n) is 5.42. The third-order valence-corrected chi connectivity index (χ3v) is 3.12. The Morgan fingerprint density at radius 1 is 1.43 bits per heavy atom. The van der Waals surface area contributed by atoms with Gasteiger partial charge in [0.2, 0.25) is 0 Å². The van der Waals surface area contributed by atoms with E-state index in [9.17, 15) is 4.79 Å². The molecule has 0 aromatic carbocycles. The van der Waals surface area contributed by atoms with Gasteiger partial charge in [0.25, 0.3) is 0 Å². The van der Waals surface area contributed by atoms with Gasteiger partial charge in [-0.25, -0.2) is 0 Å². The molecule has 1 aliphatic carbocycles. The number of unbranched alkanes of at least 4 members (excludes halogenated alkanes) is 1. The number of aliphatic carboxylic acids is 1. The lowest BCUT2D eigenvalue weighted by Crippen LogP contribution is -2.26. The number of rotatable bonds is 4. The molecule has 0 aliphatic heterocycles. The Labute approximate surface area is 85.7 Å². The van der Waals surface area contributed by atoms with E-state index in [4.69, 9.17) is 11.5 Å². The topological polar surface area (TPSA) is 37.3 Å². The first-order valence-corrected chi connectivity index (χ1v) is 5.42. The molecule has 2 atom stereocenters. The van der Waals surface area contributed by atoms with Crippen LogP contribution in [0, 0.1) is 24.2 Å². The standard InChI is InChI=1S/C12H18O2/c1-2-3-4-7-10-8-5-6-9-11(10)12(13)14/h1,10-11H,3-9H2,(H,13,14). The van der Waals surface area contributed by atoms with E-state index in [0.29, 0.717) is 5.92 Å². The van der Waals surface area contributed by atoms with Crippen molar-refractivity contribution in [3.8, 4) is 12.3 Å². The average molecular weight is 194 g/mol. The van der Waals surface area contributed by atoms with Crippen molar-refractivity contribution in [2.75, 3.05) is 0 Å². The summed E-state index contributed by atoms with van der Waals surface area (Å²) in [7, 11) is 0. The fraction of sp³-hybridized carbons (Fsp3) is 0.750. The summed E-state index contributed by atoms with van der Waals surface area (Å²) >= 11 is 0. The van der Waals surface area contributed by atoms with E-state index in [-0.39, 0.29) is 5.92 Å². The first kappa shape index (κ1) is 11.1. The zero-order chi connectivity index (χ0) is 10.4. The first-order chi connectivity index (χ1) is 6.75. The number of carbonyl (C=O) groups is 1. The van der Waals surface area contributed by atoms with E-state index < -0.39 is 5.97 Å². The summed E-state index contributed by atoms with van der Waals surface area (Å²) in [5, 5.41) is 9.02. The highest BCUT2D eigenvalue weighted by atomic mass is 16.4. The number of terminal acetylenes is 1. The van der Waals surface area contributed by atoms with Gasteiger partial charge in [0.1, 0.15) is 0 Å². The van der Waals surface area contributed by atoms with Crippen LogP contribution in [0.1, 0.15) is 44.9 Å². The third kappa shape index (κ3) is 3.06. The van der Waals surface area contributed by atoms with Gasteiger partial charge in [-0.3, -0.25) is 4.79 Å². The summed E-state index contributed by atoms with van der Waals surface area (Å²) in [5.74, 6) is 2.25. The van der Waals surface area contributed by atoms with Crippen molar-refractivity contribution in [3.05, 3.63) is 0 Å². The molecule has 0 saturated heterocycles. The number of carboxylic acids is 1. The molecule has 78 valence electrons. The molecular formula is C12H18O2. The monoisotopic (exact) mass is 194 g/mol. The van der Waals surface area contributed by atoms with Gasteiger partial charge >= 0.3 is 5.97 Å². The van der Waals surface area contributed by atoms with Crippen LogP contribution >= 0.6 is 0 Å². The molecule has 2 nitrogen and oxygen atoms in total. The van der Waals surface area contributed by atoms with E-state index in [1.807, 2.05) is 0 Å². The second kappa shape index (κ2) is 5.70. The highest BCUT2D eigenvalue weighted by Crippen LogP contribution is 2.33. The maximum atomic E-state index is 11.0. The van der Waals surface area contributed by atoms with Crippen LogP contribution in [-0.2, 0) is 4.79 Å². The Balaban J connectivity index is 2.38. The SMILES string of the molecule is C#CCCCC1CCCCC1C(=O)O. The van der Waals surface area contributed by atoms with Crippen LogP contribution in [0.15, 0.2) is 0 Å². The fourth-order valence-corrected chi connectivity index (χ4v) is 2.34. The summed E-state index contributed by atoms with van der Waals surface area (Å²) in [6, 6.07) is 0. The van der Waals surface area contributed by atoms with Gasteiger partial charge in [-0.05, 0) is 31.6 Å². The zero-order valence-electron chi connectivity index (χ0n) is 8.54. The Morgan fingerprint density at radius 3 is 2.79 bits per heavy atom. The molecule has 0 radical (unpaired) electrons. The lowest BCUT2D eigenvalue weighted by Gasteiger charge is -2.28. The maximum Gasteiger partial charge on any atom is 0.306 e. The predicted octanol–water partition coefficient (Wildman–Crippen LogP) is 2.68. The molecule has 1 saturated carbocycles. The van der Waals surface area contributed by atoms with Crippen molar-refractivity contribution in [2.45, 2.75) is 44.9 Å². The molecule has 2 unspecified atom stereocenters. The molecule has 0 spiro atoms. The Bertz CT molecular complexity index is 227. The van der Waals surface area contributed by atoms with Gasteiger partial charge in [-0.1, -0.05) is 12.8 Å². The smallest absolute Gasteiger partial charge is 0.306 e. The molecule has 1 fully saturated rings. The molecule has 1 N–H and O–H groups in total. The quantitative estimate of drug-likeness (QED) is 0.552. The lowest BCUT2D eigenvalue weighted by molar-refractivity contribution is -0.145. The molecule has 0 bridgehead atoms. The van der Waals surface area contributed by atoms with Crippen molar-refractivity contribution in [3.63, 3.8) is 0 Å². The van der Waals surface area contributed by atoms with Crippen LogP contribution in [0.5, 0.6) is 0 Å². The average Bonchev–Trinajstić information content (AvgIpc) is 2.19. The minimum atomic E-state index is -0.615. The van der Waals surface area contributed by atoms with Crippen LogP contribution in [0.4, 0.5) is 0 Å². The molecule has 14 heavy (non-hydrogen) atoms. The maximum absolute atomic E-state index is 11.0. The van der Waals surface area contributed by atoms with Gasteiger partial charge in [-0.2, -0.15) is 0 Å². The molecule has 2 heteroatoms. The minimum Gasteiger partial charge on any atom is -0.481 e. The Hall–Kier alpha value is -0.970. The molecule has 1 rings (SSSR count). The van der Waals surface area contributed by atoms with Crippen molar-refractivity contribution in [2.24, 2.45) is 11.8 Å². The van der Waals surface area contributed by atoms with E-state index in [1.165, 1.54) is 6.42 Å². The fourth-order valence-electron chi connectivity index (χ4n) is 2.34. The summed E-state index contributed by atoms with van der Waals surface area (Å²) in [4.78, 5) is 11.0. The van der Waals surface area contributed by atoms with Crippen LogP contribution in [0.3, 0.4) is 0 Å². The summed E-state index contributed by atoms with van der Waals surface area (Å²) in [6.07, 6.45) is 12.1. The van der Waals surface area contributed by atoms with Gasteiger partial charge in [0.05, 0.1) is 5.92 Å². The molecule has 1 aliphatic rings. The Kier molecular flexibility index (Phi) is 4.52. The summed E-state index contributed by atoms with van der Waals surface area (Å²) in [6.45, 7) is 0. The van der Waals surface area contributed by atoms with Gasteiger partial charge in [0, 0.05) is 6.42 Å². The highest BCUT2D eigenvalue weighted by molar-refractivity contribution is 5.70. The molecule has 0 heterocycles. The van der Waals surface area contributed by atoms with Crippen molar-refractivity contribution in [1.29, 1.82) is 0 Å². The zero-order valence-corrected chi connectivity index (χ0v) is 8.54. The number of carboxylic acid groups (broad SMARTS) is 1. The van der Waals surface area contributed by atoms with Crippen LogP contribution in [0.25, 0.3) is 0 Å². The largest absolute Gasteiger partial charge is 0.481 e. The second-order valence-corrected chi connectivity index (χ2v) is 4.09. The molecule has 0 amide bonds. The Morgan fingerprint density at radius 2 is 2.14 bits per heavy atom. The number of hydrogen-bond acceptors (Lipinski definition) is 1. The third-order valence-electron chi connectivity index (χ3n) is 3.12. The highest BCUT2D eigenvalue weighted by Gasteiger charge is 2.29. The van der Waals surface area contributed by atoms with E-state index in [0.717, 1.165) is 38.5 Å². The lowest BCUT2D eigenvalue weighted by atomic mass is 9.77. The van der Waals surface area contributed by atoms with Crippen molar-refractivity contribution < 1.29 is 9.90 Å². The summed E-state index contributed by atoms with van der Waals surface area (Å²) < 4.78 is 0. The minimum absolute atomic E-state index is 0.110. The van der Waals surface area contributed by atoms with E-state index in [1.54, 1.807) is 0 Å². The normalized spacial score (nSPS) is 26.8. The van der Waals surface area contributed by atoms with Gasteiger partial charge in [-0.15, -0.1) is 12.3 Å². The van der Waals surface area contributed by atoms with Crippen molar-refractivity contribution >= 4 is 5.97 Å². The van der Waals surface area contributed by atoms with Crippen LogP contribution < -0.4 is 0 Å². The van der Waals surface area contributed by atoms with Crippen molar-refractivity contribution in [1.82, 2.24) is 0 Å². The van der Waals surface area contributed by atoms with E-state index >= 15 is 0 Å². The van der Waals surface area contributed by atoms with Crippen LogP contribution in [0.2, 0.25) is 0 Å². The molecular weight excluding hydrogens is 176 g/mol. The number of hydrogen-bond donors (Lipinski definition) is 1. The molecule has 0 aromatic heterocycles. The molecule has 0 aromatic rings. The summed E-state index contributed by atoms with van der Waals surface area (Å²) in [5.41, 5.74) is 0. The van der Waals surface area contributed by atoms with Gasteiger partial charge in [0.15, 0.2) is 0 Å². The van der Waals surface area contributed by atoms with Crippen LogP contribution in [-0.4, -0.2) is 11.1 Å². The second-order valence-electron chi connectivity index (χ2n) is 4.09.